The number of rotatable bonds is 3. The zero-order valence-electron chi connectivity index (χ0n) is 5.27. The van der Waals surface area contributed by atoms with Gasteiger partial charge >= 0.3 is 12.0 Å². The molecule has 1 atom stereocenters. The Morgan fingerprint density at radius 2 is 2.00 bits per heavy atom. The van der Waals surface area contributed by atoms with Crippen molar-refractivity contribution < 1.29 is 9.90 Å². The second kappa shape index (κ2) is 3.81. The molecule has 0 spiro atoms. The van der Waals surface area contributed by atoms with Gasteiger partial charge in [-0.25, -0.2) is 0 Å². The second-order valence-electron chi connectivity index (χ2n) is 2.04. The van der Waals surface area contributed by atoms with Gasteiger partial charge in [0.1, 0.15) is 0 Å². The normalized spacial score (nSPS) is 14.8. The number of carboxylic acids is 1. The molecule has 0 heterocycles. The molecule has 0 saturated carbocycles. The molecule has 60 valence electrons. The van der Waals surface area contributed by atoms with Gasteiger partial charge in [-0.05, 0) is 0 Å². The summed E-state index contributed by atoms with van der Waals surface area (Å²) in [6.07, 6.45) is -0.0667. The first kappa shape index (κ1) is 10.6. The van der Waals surface area contributed by atoms with Crippen molar-refractivity contribution in [2.24, 2.45) is 0 Å². The molecular weight excluding hydrogens is 214 g/mol. The van der Waals surface area contributed by atoms with Crippen LogP contribution in [0.25, 0.3) is 0 Å². The molecule has 0 amide bonds. The zero-order valence-corrected chi connectivity index (χ0v) is 8.54. The van der Waals surface area contributed by atoms with Crippen molar-refractivity contribution in [3.05, 3.63) is 0 Å². The van der Waals surface area contributed by atoms with Gasteiger partial charge in [-0.1, -0.05) is 6.92 Å². The molecule has 0 aromatic carbocycles. The molecule has 1 N–H and O–H groups in total. The molecule has 0 aliphatic rings. The molecule has 6 heteroatoms. The SMILES string of the molecule is CC(CC(=O)O)[Si](Cl)(Cl)Cl. The van der Waals surface area contributed by atoms with E-state index in [4.69, 9.17) is 38.3 Å². The third-order valence-electron chi connectivity index (χ3n) is 1.04. The summed E-state index contributed by atoms with van der Waals surface area (Å²) in [7, 11) is 0. The average Bonchev–Trinajstić information content (AvgIpc) is 1.60. The van der Waals surface area contributed by atoms with Crippen LogP contribution in [0, 0.1) is 0 Å². The Bertz CT molecular complexity index is 133. The predicted molar refractivity (Wildman–Crippen MR) is 45.0 cm³/mol. The first-order valence-corrected chi connectivity index (χ1v) is 7.74. The van der Waals surface area contributed by atoms with E-state index in [1.54, 1.807) is 6.92 Å². The van der Waals surface area contributed by atoms with Crippen molar-refractivity contribution in [3.63, 3.8) is 0 Å². The summed E-state index contributed by atoms with van der Waals surface area (Å²) in [5, 5.41) is 8.29. The highest BCUT2D eigenvalue weighted by molar-refractivity contribution is 7.65. The van der Waals surface area contributed by atoms with E-state index in [1.807, 2.05) is 0 Å². The molecule has 10 heavy (non-hydrogen) atoms. The van der Waals surface area contributed by atoms with Gasteiger partial charge in [0.2, 0.25) is 0 Å². The van der Waals surface area contributed by atoms with E-state index in [0.717, 1.165) is 0 Å². The van der Waals surface area contributed by atoms with Crippen molar-refractivity contribution in [2.45, 2.75) is 18.9 Å². The molecule has 1 unspecified atom stereocenters. The van der Waals surface area contributed by atoms with Crippen LogP contribution >= 0.6 is 33.2 Å². The van der Waals surface area contributed by atoms with Crippen LogP contribution in [0.4, 0.5) is 0 Å². The first-order chi connectivity index (χ1) is 4.34. The summed E-state index contributed by atoms with van der Waals surface area (Å²) in [5.41, 5.74) is -0.324. The average molecular weight is 222 g/mol. The molecule has 0 aliphatic carbocycles. The van der Waals surface area contributed by atoms with E-state index in [2.05, 4.69) is 0 Å². The van der Waals surface area contributed by atoms with E-state index in [0.29, 0.717) is 0 Å². The van der Waals surface area contributed by atoms with Crippen LogP contribution in [-0.2, 0) is 4.79 Å². The number of hydrogen-bond donors (Lipinski definition) is 1. The highest BCUT2D eigenvalue weighted by atomic mass is 35.8. The maximum absolute atomic E-state index is 10.1. The molecule has 2 nitrogen and oxygen atoms in total. The van der Waals surface area contributed by atoms with Crippen LogP contribution in [0.1, 0.15) is 13.3 Å². The van der Waals surface area contributed by atoms with Crippen molar-refractivity contribution in [1.82, 2.24) is 0 Å². The van der Waals surface area contributed by atoms with Crippen molar-refractivity contribution in [3.8, 4) is 0 Å². The van der Waals surface area contributed by atoms with Gasteiger partial charge in [-0.2, -0.15) is 0 Å². The van der Waals surface area contributed by atoms with E-state index < -0.39 is 12.0 Å². The van der Waals surface area contributed by atoms with Crippen LogP contribution in [-0.4, -0.2) is 17.1 Å². The second-order valence-corrected chi connectivity index (χ2v) is 11.2. The number of carboxylic acid groups (broad SMARTS) is 1. The number of aliphatic carboxylic acids is 1. The molecule has 0 radical (unpaired) electrons. The van der Waals surface area contributed by atoms with Gasteiger partial charge in [-0.3, -0.25) is 4.79 Å². The van der Waals surface area contributed by atoms with Gasteiger partial charge < -0.3 is 5.11 Å². The van der Waals surface area contributed by atoms with Crippen molar-refractivity contribution in [1.29, 1.82) is 0 Å². The standard InChI is InChI=1S/C4H7Cl3O2Si/c1-3(2-4(8)9)10(5,6)7/h3H,2H2,1H3,(H,8,9). The number of halogens is 3. The van der Waals surface area contributed by atoms with Gasteiger partial charge in [-0.15, -0.1) is 33.2 Å². The highest BCUT2D eigenvalue weighted by Crippen LogP contribution is 2.35. The Kier molecular flexibility index (Phi) is 4.02. The number of carbonyl (C=O) groups is 1. The van der Waals surface area contributed by atoms with Gasteiger partial charge in [0, 0.05) is 12.0 Å². The molecule has 0 bridgehead atoms. The van der Waals surface area contributed by atoms with E-state index in [1.165, 1.54) is 0 Å². The van der Waals surface area contributed by atoms with E-state index in [9.17, 15) is 4.79 Å². The molecule has 0 aromatic rings. The smallest absolute Gasteiger partial charge is 0.344 e. The monoisotopic (exact) mass is 220 g/mol. The lowest BCUT2D eigenvalue weighted by atomic mass is 10.3. The third-order valence-corrected chi connectivity index (χ3v) is 5.71. The minimum Gasteiger partial charge on any atom is -0.481 e. The minimum atomic E-state index is -2.79. The summed E-state index contributed by atoms with van der Waals surface area (Å²) in [5.74, 6) is -0.925. The minimum absolute atomic E-state index is 0.0667. The number of hydrogen-bond acceptors (Lipinski definition) is 1. The Balaban J connectivity index is 3.85. The lowest BCUT2D eigenvalue weighted by molar-refractivity contribution is -0.137. The molecule has 0 aliphatic heterocycles. The van der Waals surface area contributed by atoms with Crippen LogP contribution in [0.3, 0.4) is 0 Å². The van der Waals surface area contributed by atoms with E-state index >= 15 is 0 Å². The Morgan fingerprint density at radius 3 is 2.10 bits per heavy atom. The highest BCUT2D eigenvalue weighted by Gasteiger charge is 2.34. The lowest BCUT2D eigenvalue weighted by Crippen LogP contribution is -2.19. The lowest BCUT2D eigenvalue weighted by Gasteiger charge is -2.14. The maximum atomic E-state index is 10.1. The first-order valence-electron chi connectivity index (χ1n) is 2.62. The fraction of sp³-hybridized carbons (Fsp3) is 0.750. The maximum Gasteiger partial charge on any atom is 0.344 e. The van der Waals surface area contributed by atoms with Crippen LogP contribution in [0.15, 0.2) is 0 Å². The van der Waals surface area contributed by atoms with Crippen molar-refractivity contribution in [2.75, 3.05) is 0 Å². The summed E-state index contributed by atoms with van der Waals surface area (Å²) >= 11 is 16.6. The Hall–Kier alpha value is 0.557. The molecule has 0 aromatic heterocycles. The predicted octanol–water partition coefficient (Wildman–Crippen LogP) is 2.51. The summed E-state index contributed by atoms with van der Waals surface area (Å²) in [6.45, 7) is 1.63. The van der Waals surface area contributed by atoms with Gasteiger partial charge in [0.25, 0.3) is 0 Å². The Morgan fingerprint density at radius 1 is 1.60 bits per heavy atom. The quantitative estimate of drug-likeness (QED) is 0.587. The van der Waals surface area contributed by atoms with Crippen LogP contribution in [0.2, 0.25) is 5.54 Å². The largest absolute Gasteiger partial charge is 0.481 e. The topological polar surface area (TPSA) is 37.3 Å². The molecule has 0 rings (SSSR count). The van der Waals surface area contributed by atoms with Crippen molar-refractivity contribution >= 4 is 45.2 Å². The molecule has 0 saturated heterocycles. The zero-order chi connectivity index (χ0) is 8.36. The van der Waals surface area contributed by atoms with Gasteiger partial charge in [0.15, 0.2) is 0 Å². The Labute approximate surface area is 74.2 Å². The summed E-state index contributed by atoms with van der Waals surface area (Å²) in [4.78, 5) is 10.1. The third kappa shape index (κ3) is 4.38. The van der Waals surface area contributed by atoms with Gasteiger partial charge in [0.05, 0.1) is 0 Å². The van der Waals surface area contributed by atoms with E-state index in [-0.39, 0.29) is 12.0 Å². The summed E-state index contributed by atoms with van der Waals surface area (Å²) < 4.78 is 0. The van der Waals surface area contributed by atoms with Crippen LogP contribution < -0.4 is 0 Å². The fourth-order valence-corrected chi connectivity index (χ4v) is 1.48. The summed E-state index contributed by atoms with van der Waals surface area (Å²) in [6, 6.07) is -2.79. The molecular formula is C4H7Cl3O2Si. The van der Waals surface area contributed by atoms with Crippen LogP contribution in [0.5, 0.6) is 0 Å². The fourth-order valence-electron chi connectivity index (χ4n) is 0.378. The molecule has 0 fully saturated rings.